The fourth-order valence-corrected chi connectivity index (χ4v) is 5.35. The standard InChI is InChI=1S/C41H69O10P/c1-3-5-7-8-9-10-11-12-13-14-15-20-28-34-41(45)51-39(36-50-52(46,47)48)35-49-40(44)33-27-19-17-16-18-24-30-38(43)32-26-22-21-25-31-37(42)29-23-6-4-2/h6,17-19,21-26,31-32,37-39,42-43H,3-5,7-16,20,27-30,33-36H2,1-2H3,(H2,46,47,48)/b19-17-,22-21-,23-6-,24-18-,31-25+,32-26+/t37-,38+,39-/m1/s1. The molecule has 0 heterocycles. The predicted molar refractivity (Wildman–Crippen MR) is 209 cm³/mol. The second kappa shape index (κ2) is 35.4. The molecule has 0 saturated carbocycles. The van der Waals surface area contributed by atoms with E-state index in [0.29, 0.717) is 32.1 Å². The number of ether oxygens (including phenoxy) is 2. The Balaban J connectivity index is 4.22. The van der Waals surface area contributed by atoms with E-state index in [1.165, 1.54) is 57.8 Å². The normalized spacial score (nSPS) is 14.5. The minimum Gasteiger partial charge on any atom is -0.462 e. The van der Waals surface area contributed by atoms with Crippen LogP contribution in [-0.2, 0) is 28.2 Å². The second-order valence-electron chi connectivity index (χ2n) is 12.9. The molecule has 0 bridgehead atoms. The molecule has 4 N–H and O–H groups in total. The summed E-state index contributed by atoms with van der Waals surface area (Å²) in [6.07, 6.45) is 38.4. The molecule has 0 aliphatic carbocycles. The summed E-state index contributed by atoms with van der Waals surface area (Å²) in [6.45, 7) is 3.33. The van der Waals surface area contributed by atoms with E-state index >= 15 is 0 Å². The molecule has 0 unspecified atom stereocenters. The maximum atomic E-state index is 12.4. The van der Waals surface area contributed by atoms with Crippen molar-refractivity contribution >= 4 is 19.8 Å². The van der Waals surface area contributed by atoms with E-state index < -0.39 is 44.7 Å². The highest BCUT2D eigenvalue weighted by molar-refractivity contribution is 7.46. The van der Waals surface area contributed by atoms with E-state index in [2.05, 4.69) is 11.4 Å². The van der Waals surface area contributed by atoms with Crippen LogP contribution in [-0.4, -0.2) is 63.5 Å². The summed E-state index contributed by atoms with van der Waals surface area (Å²) < 4.78 is 26.2. The number of aliphatic hydroxyl groups excluding tert-OH is 2. The van der Waals surface area contributed by atoms with Crippen molar-refractivity contribution in [3.05, 3.63) is 72.9 Å². The van der Waals surface area contributed by atoms with Crippen LogP contribution in [0.4, 0.5) is 0 Å². The summed E-state index contributed by atoms with van der Waals surface area (Å²) in [5, 5.41) is 19.9. The first-order valence-electron chi connectivity index (χ1n) is 19.4. The van der Waals surface area contributed by atoms with Gasteiger partial charge in [-0.1, -0.05) is 164 Å². The third kappa shape index (κ3) is 37.2. The molecule has 52 heavy (non-hydrogen) atoms. The highest BCUT2D eigenvalue weighted by atomic mass is 31.2. The van der Waals surface area contributed by atoms with Crippen LogP contribution in [0.25, 0.3) is 0 Å². The Morgan fingerprint density at radius 2 is 1.13 bits per heavy atom. The quantitative estimate of drug-likeness (QED) is 0.0164. The van der Waals surface area contributed by atoms with Gasteiger partial charge in [0.25, 0.3) is 0 Å². The fourth-order valence-electron chi connectivity index (χ4n) is 4.98. The van der Waals surface area contributed by atoms with Crippen molar-refractivity contribution in [2.45, 2.75) is 161 Å². The summed E-state index contributed by atoms with van der Waals surface area (Å²) in [4.78, 5) is 42.7. The average Bonchev–Trinajstić information content (AvgIpc) is 3.10. The zero-order chi connectivity index (χ0) is 38.5. The van der Waals surface area contributed by atoms with Crippen LogP contribution in [0.3, 0.4) is 0 Å². The Morgan fingerprint density at radius 3 is 1.67 bits per heavy atom. The SMILES string of the molecule is CC/C=C\C[C@@H](O)/C=C/C=C\C=C\[C@@H](O)C/C=C\C/C=C\CCC(=O)OC[C@H](COP(=O)(O)O)OC(=O)CCCCCCCCCCCCCCC. The third-order valence-electron chi connectivity index (χ3n) is 7.92. The summed E-state index contributed by atoms with van der Waals surface area (Å²) >= 11 is 0. The van der Waals surface area contributed by atoms with Crippen molar-refractivity contribution in [1.82, 2.24) is 0 Å². The van der Waals surface area contributed by atoms with Crippen molar-refractivity contribution in [3.63, 3.8) is 0 Å². The van der Waals surface area contributed by atoms with Crippen molar-refractivity contribution in [3.8, 4) is 0 Å². The van der Waals surface area contributed by atoms with Crippen molar-refractivity contribution in [2.75, 3.05) is 13.2 Å². The molecule has 0 saturated heterocycles. The van der Waals surface area contributed by atoms with Gasteiger partial charge < -0.3 is 29.5 Å². The molecule has 10 nitrogen and oxygen atoms in total. The lowest BCUT2D eigenvalue weighted by Crippen LogP contribution is -2.29. The topological polar surface area (TPSA) is 160 Å². The number of allylic oxidation sites excluding steroid dienone is 8. The number of hydrogen-bond acceptors (Lipinski definition) is 8. The van der Waals surface area contributed by atoms with Gasteiger partial charge in [0.05, 0.1) is 18.8 Å². The Bertz CT molecular complexity index is 1100. The molecule has 298 valence electrons. The van der Waals surface area contributed by atoms with Crippen LogP contribution in [0.5, 0.6) is 0 Å². The molecule has 0 amide bonds. The number of rotatable bonds is 34. The highest BCUT2D eigenvalue weighted by Crippen LogP contribution is 2.36. The van der Waals surface area contributed by atoms with Gasteiger partial charge in [-0.2, -0.15) is 0 Å². The first-order chi connectivity index (χ1) is 25.1. The van der Waals surface area contributed by atoms with Crippen LogP contribution in [0, 0.1) is 0 Å². The van der Waals surface area contributed by atoms with Crippen molar-refractivity contribution in [1.29, 1.82) is 0 Å². The third-order valence-corrected chi connectivity index (χ3v) is 8.40. The minimum absolute atomic E-state index is 0.0836. The summed E-state index contributed by atoms with van der Waals surface area (Å²) in [5.74, 6) is -1.06. The molecule has 0 rings (SSSR count). The van der Waals surface area contributed by atoms with E-state index in [-0.39, 0.29) is 19.4 Å². The summed E-state index contributed by atoms with van der Waals surface area (Å²) in [7, 11) is -4.79. The number of phosphoric acid groups is 1. The monoisotopic (exact) mass is 752 g/mol. The number of esters is 2. The van der Waals surface area contributed by atoms with Crippen LogP contribution in [0.15, 0.2) is 72.9 Å². The van der Waals surface area contributed by atoms with Gasteiger partial charge in [-0.25, -0.2) is 4.57 Å². The number of phosphoric ester groups is 1. The number of carbonyl (C=O) groups excluding carboxylic acids is 2. The van der Waals surface area contributed by atoms with E-state index in [4.69, 9.17) is 19.3 Å². The number of unbranched alkanes of at least 4 members (excludes halogenated alkanes) is 12. The zero-order valence-electron chi connectivity index (χ0n) is 31.9. The minimum atomic E-state index is -4.79. The van der Waals surface area contributed by atoms with Crippen LogP contribution in [0.2, 0.25) is 0 Å². The molecular formula is C41H69O10P. The van der Waals surface area contributed by atoms with Gasteiger partial charge in [0, 0.05) is 12.8 Å². The lowest BCUT2D eigenvalue weighted by atomic mass is 10.0. The van der Waals surface area contributed by atoms with Crippen molar-refractivity contribution in [2.24, 2.45) is 0 Å². The lowest BCUT2D eigenvalue weighted by Gasteiger charge is -2.18. The predicted octanol–water partition coefficient (Wildman–Crippen LogP) is 9.45. The van der Waals surface area contributed by atoms with E-state index in [9.17, 15) is 24.4 Å². The van der Waals surface area contributed by atoms with E-state index in [1.54, 1.807) is 36.5 Å². The van der Waals surface area contributed by atoms with Crippen molar-refractivity contribution < 1.29 is 48.2 Å². The van der Waals surface area contributed by atoms with Crippen LogP contribution >= 0.6 is 7.82 Å². The van der Waals surface area contributed by atoms with Crippen LogP contribution < -0.4 is 0 Å². The molecule has 0 aliphatic heterocycles. The average molecular weight is 753 g/mol. The molecule has 3 atom stereocenters. The number of hydrogen-bond donors (Lipinski definition) is 4. The van der Waals surface area contributed by atoms with Gasteiger partial charge in [0.1, 0.15) is 6.61 Å². The Kier molecular flexibility index (Phi) is 33.7. The maximum Gasteiger partial charge on any atom is 0.469 e. The second-order valence-corrected chi connectivity index (χ2v) is 14.2. The highest BCUT2D eigenvalue weighted by Gasteiger charge is 2.22. The van der Waals surface area contributed by atoms with E-state index in [0.717, 1.165) is 25.7 Å². The fraction of sp³-hybridized carbons (Fsp3) is 0.659. The molecule has 0 aromatic rings. The van der Waals surface area contributed by atoms with Crippen LogP contribution in [0.1, 0.15) is 142 Å². The van der Waals surface area contributed by atoms with Gasteiger partial charge in [0.15, 0.2) is 6.10 Å². The maximum absolute atomic E-state index is 12.4. The molecule has 0 aromatic carbocycles. The Labute approximate surface area is 314 Å². The Hall–Kier alpha value is -2.59. The number of carbonyl (C=O) groups is 2. The molecule has 0 radical (unpaired) electrons. The van der Waals surface area contributed by atoms with Gasteiger partial charge in [-0.15, -0.1) is 0 Å². The van der Waals surface area contributed by atoms with E-state index in [1.807, 2.05) is 43.4 Å². The summed E-state index contributed by atoms with van der Waals surface area (Å²) in [5.41, 5.74) is 0. The molecule has 0 fully saturated rings. The van der Waals surface area contributed by atoms with Gasteiger partial charge in [-0.05, 0) is 38.5 Å². The lowest BCUT2D eigenvalue weighted by molar-refractivity contribution is -0.161. The summed E-state index contributed by atoms with van der Waals surface area (Å²) in [6, 6.07) is 0. The molecule has 0 aliphatic rings. The van der Waals surface area contributed by atoms with Gasteiger partial charge >= 0.3 is 19.8 Å². The molecule has 11 heteroatoms. The zero-order valence-corrected chi connectivity index (χ0v) is 32.8. The molecular weight excluding hydrogens is 683 g/mol. The first kappa shape index (κ1) is 49.4. The largest absolute Gasteiger partial charge is 0.469 e. The van der Waals surface area contributed by atoms with Gasteiger partial charge in [0.2, 0.25) is 0 Å². The Morgan fingerprint density at radius 1 is 0.615 bits per heavy atom. The van der Waals surface area contributed by atoms with Gasteiger partial charge in [-0.3, -0.25) is 14.1 Å². The molecule has 0 aromatic heterocycles. The number of aliphatic hydroxyl groups is 2. The smallest absolute Gasteiger partial charge is 0.462 e. The first-order valence-corrected chi connectivity index (χ1v) is 21.0. The molecule has 0 spiro atoms.